The lowest BCUT2D eigenvalue weighted by molar-refractivity contribution is 0.102. The van der Waals surface area contributed by atoms with Crippen LogP contribution in [0.15, 0.2) is 34.4 Å². The first-order valence-electron chi connectivity index (χ1n) is 6.94. The molecule has 3 rings (SSSR count). The number of para-hydroxylation sites is 1. The average Bonchev–Trinajstić information content (AvgIpc) is 2.92. The van der Waals surface area contributed by atoms with Crippen molar-refractivity contribution in [2.45, 2.75) is 13.8 Å². The summed E-state index contributed by atoms with van der Waals surface area (Å²) in [7, 11) is 1.49. The Kier molecular flexibility index (Phi) is 3.87. The van der Waals surface area contributed by atoms with Gasteiger partial charge in [-0.05, 0) is 26.0 Å². The SMILES string of the molecule is COc1ccccc1C(=O)Nc1c(C)nc2scc(C)n2c1=O. The van der Waals surface area contributed by atoms with Crippen LogP contribution < -0.4 is 15.6 Å². The van der Waals surface area contributed by atoms with Crippen molar-refractivity contribution in [3.05, 3.63) is 57.0 Å². The number of carbonyl (C=O) groups is 1. The first-order valence-corrected chi connectivity index (χ1v) is 7.82. The number of rotatable bonds is 3. The maximum absolute atomic E-state index is 12.6. The second-order valence-corrected chi connectivity index (χ2v) is 5.86. The number of ether oxygens (including phenoxy) is 1. The largest absolute Gasteiger partial charge is 0.496 e. The van der Waals surface area contributed by atoms with Crippen molar-refractivity contribution in [2.75, 3.05) is 12.4 Å². The van der Waals surface area contributed by atoms with Gasteiger partial charge in [-0.2, -0.15) is 0 Å². The van der Waals surface area contributed by atoms with E-state index in [2.05, 4.69) is 10.3 Å². The van der Waals surface area contributed by atoms with Gasteiger partial charge in [-0.25, -0.2) is 4.98 Å². The highest BCUT2D eigenvalue weighted by Gasteiger charge is 2.17. The minimum atomic E-state index is -0.405. The van der Waals surface area contributed by atoms with E-state index < -0.39 is 5.91 Å². The fraction of sp³-hybridized carbons (Fsp3) is 0.188. The van der Waals surface area contributed by atoms with Gasteiger partial charge in [-0.15, -0.1) is 11.3 Å². The van der Waals surface area contributed by atoms with E-state index in [0.29, 0.717) is 22.0 Å². The van der Waals surface area contributed by atoms with E-state index in [1.54, 1.807) is 31.2 Å². The highest BCUT2D eigenvalue weighted by Crippen LogP contribution is 2.20. The first kappa shape index (κ1) is 15.2. The molecule has 6 nitrogen and oxygen atoms in total. The summed E-state index contributed by atoms with van der Waals surface area (Å²) in [5.74, 6) is 0.0424. The highest BCUT2D eigenvalue weighted by molar-refractivity contribution is 7.15. The number of hydrogen-bond donors (Lipinski definition) is 1. The Bertz CT molecular complexity index is 959. The topological polar surface area (TPSA) is 72.7 Å². The predicted octanol–water partition coefficient (Wildman–Crippen LogP) is 2.63. The summed E-state index contributed by atoms with van der Waals surface area (Å²) >= 11 is 1.39. The molecule has 0 atom stereocenters. The standard InChI is InChI=1S/C16H15N3O3S/c1-9-8-23-16-17-10(2)13(15(21)19(9)16)18-14(20)11-6-4-5-7-12(11)22-3/h4-8H,1-3H3,(H,18,20). The van der Waals surface area contributed by atoms with Crippen molar-refractivity contribution in [3.63, 3.8) is 0 Å². The number of fused-ring (bicyclic) bond motifs is 1. The van der Waals surface area contributed by atoms with Crippen molar-refractivity contribution in [3.8, 4) is 5.75 Å². The van der Waals surface area contributed by atoms with Gasteiger partial charge in [0.15, 0.2) is 4.96 Å². The molecule has 0 spiro atoms. The van der Waals surface area contributed by atoms with Gasteiger partial charge < -0.3 is 10.1 Å². The van der Waals surface area contributed by atoms with Crippen LogP contribution in [0.25, 0.3) is 4.96 Å². The Balaban J connectivity index is 2.06. The van der Waals surface area contributed by atoms with Crippen LogP contribution in [-0.2, 0) is 0 Å². The van der Waals surface area contributed by atoms with Crippen molar-refractivity contribution in [2.24, 2.45) is 0 Å². The first-order chi connectivity index (χ1) is 11.0. The molecule has 118 valence electrons. The number of amides is 1. The highest BCUT2D eigenvalue weighted by atomic mass is 32.1. The molecule has 0 radical (unpaired) electrons. The summed E-state index contributed by atoms with van der Waals surface area (Å²) in [6.45, 7) is 3.53. The van der Waals surface area contributed by atoms with Crippen LogP contribution in [0.5, 0.6) is 5.75 Å². The molecule has 23 heavy (non-hydrogen) atoms. The second kappa shape index (κ2) is 5.85. The summed E-state index contributed by atoms with van der Waals surface area (Å²) in [6.07, 6.45) is 0. The van der Waals surface area contributed by atoms with E-state index in [4.69, 9.17) is 4.74 Å². The monoisotopic (exact) mass is 329 g/mol. The summed E-state index contributed by atoms with van der Waals surface area (Å²) in [4.78, 5) is 30.1. The van der Waals surface area contributed by atoms with Crippen molar-refractivity contribution in [1.29, 1.82) is 0 Å². The minimum Gasteiger partial charge on any atom is -0.496 e. The van der Waals surface area contributed by atoms with E-state index in [0.717, 1.165) is 5.69 Å². The molecule has 0 fully saturated rings. The molecule has 0 aliphatic heterocycles. The van der Waals surface area contributed by atoms with E-state index in [1.165, 1.54) is 22.8 Å². The Morgan fingerprint density at radius 1 is 1.30 bits per heavy atom. The third kappa shape index (κ3) is 2.59. The molecular weight excluding hydrogens is 314 g/mol. The van der Waals surface area contributed by atoms with Gasteiger partial charge in [0.05, 0.1) is 18.4 Å². The molecule has 1 amide bonds. The smallest absolute Gasteiger partial charge is 0.282 e. The van der Waals surface area contributed by atoms with Crippen molar-refractivity contribution < 1.29 is 9.53 Å². The third-order valence-corrected chi connectivity index (χ3v) is 4.45. The molecular formula is C16H15N3O3S. The van der Waals surface area contributed by atoms with Crippen LogP contribution >= 0.6 is 11.3 Å². The molecule has 7 heteroatoms. The molecule has 0 saturated carbocycles. The quantitative estimate of drug-likeness (QED) is 0.802. The number of anilines is 1. The number of hydrogen-bond acceptors (Lipinski definition) is 5. The molecule has 1 aromatic carbocycles. The molecule has 2 aromatic heterocycles. The minimum absolute atomic E-state index is 0.180. The summed E-state index contributed by atoms with van der Waals surface area (Å²) in [6, 6.07) is 6.85. The number of carbonyl (C=O) groups excluding carboxylic acids is 1. The van der Waals surface area contributed by atoms with E-state index >= 15 is 0 Å². The number of aryl methyl sites for hydroxylation is 2. The van der Waals surface area contributed by atoms with Crippen LogP contribution in [0.3, 0.4) is 0 Å². The van der Waals surface area contributed by atoms with Crippen LogP contribution in [0, 0.1) is 13.8 Å². The maximum Gasteiger partial charge on any atom is 0.282 e. The Labute approximate surface area is 136 Å². The lowest BCUT2D eigenvalue weighted by Gasteiger charge is -2.10. The summed E-state index contributed by atoms with van der Waals surface area (Å²) < 4.78 is 6.68. The average molecular weight is 329 g/mol. The molecule has 2 heterocycles. The molecule has 0 aliphatic carbocycles. The number of methoxy groups -OCH3 is 1. The molecule has 0 unspecified atom stereocenters. The van der Waals surface area contributed by atoms with Gasteiger partial charge in [-0.1, -0.05) is 12.1 Å². The van der Waals surface area contributed by atoms with Crippen molar-refractivity contribution in [1.82, 2.24) is 9.38 Å². The molecule has 0 aliphatic rings. The number of nitrogens with one attached hydrogen (secondary N) is 1. The number of benzene rings is 1. The lowest BCUT2D eigenvalue weighted by atomic mass is 10.2. The number of aromatic nitrogens is 2. The summed E-state index contributed by atoms with van der Waals surface area (Å²) in [5, 5.41) is 4.52. The molecule has 0 bridgehead atoms. The zero-order valence-corrected chi connectivity index (χ0v) is 13.7. The molecule has 0 saturated heterocycles. The van der Waals surface area contributed by atoms with E-state index in [-0.39, 0.29) is 11.2 Å². The second-order valence-electron chi connectivity index (χ2n) is 5.03. The van der Waals surface area contributed by atoms with E-state index in [9.17, 15) is 9.59 Å². The van der Waals surface area contributed by atoms with Gasteiger partial charge in [-0.3, -0.25) is 14.0 Å². The van der Waals surface area contributed by atoms with Crippen LogP contribution in [0.1, 0.15) is 21.7 Å². The van der Waals surface area contributed by atoms with Gasteiger partial charge in [0, 0.05) is 11.1 Å². The van der Waals surface area contributed by atoms with Gasteiger partial charge >= 0.3 is 0 Å². The number of nitrogens with zero attached hydrogens (tertiary/aromatic N) is 2. The number of thiazole rings is 1. The normalized spacial score (nSPS) is 10.7. The fourth-order valence-corrected chi connectivity index (χ4v) is 3.24. The zero-order valence-electron chi connectivity index (χ0n) is 12.9. The predicted molar refractivity (Wildman–Crippen MR) is 89.8 cm³/mol. The van der Waals surface area contributed by atoms with Gasteiger partial charge in [0.25, 0.3) is 11.5 Å². The Morgan fingerprint density at radius 3 is 2.78 bits per heavy atom. The van der Waals surface area contributed by atoms with Gasteiger partial charge in [0.1, 0.15) is 11.4 Å². The molecule has 3 aromatic rings. The van der Waals surface area contributed by atoms with Crippen LogP contribution in [-0.4, -0.2) is 22.4 Å². The third-order valence-electron chi connectivity index (χ3n) is 3.51. The fourth-order valence-electron chi connectivity index (χ4n) is 2.34. The Hall–Kier alpha value is -2.67. The van der Waals surface area contributed by atoms with Crippen LogP contribution in [0.4, 0.5) is 5.69 Å². The van der Waals surface area contributed by atoms with Crippen LogP contribution in [0.2, 0.25) is 0 Å². The summed E-state index contributed by atoms with van der Waals surface area (Å²) in [5.41, 5.74) is 1.53. The van der Waals surface area contributed by atoms with Crippen molar-refractivity contribution >= 4 is 27.9 Å². The molecule has 1 N–H and O–H groups in total. The lowest BCUT2D eigenvalue weighted by Crippen LogP contribution is -2.25. The van der Waals surface area contributed by atoms with Gasteiger partial charge in [0.2, 0.25) is 0 Å². The van der Waals surface area contributed by atoms with E-state index in [1.807, 2.05) is 12.3 Å². The zero-order chi connectivity index (χ0) is 16.6. The Morgan fingerprint density at radius 2 is 2.04 bits per heavy atom. The maximum atomic E-state index is 12.6.